The lowest BCUT2D eigenvalue weighted by Gasteiger charge is -2.28. The Kier molecular flexibility index (Phi) is 4.11. The molecule has 2 heteroatoms. The van der Waals surface area contributed by atoms with Crippen molar-refractivity contribution in [1.82, 2.24) is 0 Å². The van der Waals surface area contributed by atoms with Crippen molar-refractivity contribution in [2.75, 3.05) is 6.61 Å². The Bertz CT molecular complexity index is 371. The van der Waals surface area contributed by atoms with Gasteiger partial charge < -0.3 is 4.74 Å². The number of benzene rings is 1. The molecule has 2 atom stereocenters. The zero-order chi connectivity index (χ0) is 12.4. The van der Waals surface area contributed by atoms with E-state index in [9.17, 15) is 0 Å². The fourth-order valence-electron chi connectivity index (χ4n) is 2.81. The van der Waals surface area contributed by atoms with E-state index in [2.05, 4.69) is 32.9 Å². The predicted octanol–water partition coefficient (Wildman–Crippen LogP) is 4.46. The smallest absolute Gasteiger partial charge is 0.0852 e. The Morgan fingerprint density at radius 3 is 2.35 bits per heavy atom. The minimum Gasteiger partial charge on any atom is -0.376 e. The number of aryl methyl sites for hydroxylation is 3. The molecule has 1 aromatic carbocycles. The van der Waals surface area contributed by atoms with Crippen molar-refractivity contribution < 1.29 is 4.74 Å². The van der Waals surface area contributed by atoms with E-state index in [-0.39, 0.29) is 11.5 Å². The third-order valence-electron chi connectivity index (χ3n) is 3.56. The molecule has 17 heavy (non-hydrogen) atoms. The summed E-state index contributed by atoms with van der Waals surface area (Å²) in [6.07, 6.45) is 3.68. The lowest BCUT2D eigenvalue weighted by molar-refractivity contribution is 0.0134. The fourth-order valence-corrected chi connectivity index (χ4v) is 3.35. The highest BCUT2D eigenvalue weighted by atomic mass is 35.5. The lowest BCUT2D eigenvalue weighted by Crippen LogP contribution is -2.24. The normalized spacial score (nSPS) is 22.5. The van der Waals surface area contributed by atoms with E-state index in [0.717, 1.165) is 13.0 Å². The summed E-state index contributed by atoms with van der Waals surface area (Å²) >= 11 is 6.62. The van der Waals surface area contributed by atoms with Gasteiger partial charge in [-0.15, -0.1) is 11.6 Å². The van der Waals surface area contributed by atoms with Crippen molar-refractivity contribution in [3.63, 3.8) is 0 Å². The molecule has 2 rings (SSSR count). The van der Waals surface area contributed by atoms with Gasteiger partial charge in [-0.1, -0.05) is 17.7 Å². The summed E-state index contributed by atoms with van der Waals surface area (Å²) in [6.45, 7) is 7.28. The second kappa shape index (κ2) is 5.41. The first kappa shape index (κ1) is 12.9. The van der Waals surface area contributed by atoms with Gasteiger partial charge in [0, 0.05) is 6.61 Å². The molecule has 94 valence electrons. The summed E-state index contributed by atoms with van der Waals surface area (Å²) in [5.74, 6) is 0. The first-order valence-electron chi connectivity index (χ1n) is 6.43. The summed E-state index contributed by atoms with van der Waals surface area (Å²) in [5.41, 5.74) is 5.15. The van der Waals surface area contributed by atoms with Crippen molar-refractivity contribution in [1.29, 1.82) is 0 Å². The monoisotopic (exact) mass is 252 g/mol. The van der Waals surface area contributed by atoms with Crippen molar-refractivity contribution in [2.24, 2.45) is 0 Å². The Morgan fingerprint density at radius 1 is 1.18 bits per heavy atom. The van der Waals surface area contributed by atoms with Gasteiger partial charge in [0.25, 0.3) is 0 Å². The number of hydrogen-bond acceptors (Lipinski definition) is 1. The highest BCUT2D eigenvalue weighted by Crippen LogP contribution is 2.35. The first-order chi connectivity index (χ1) is 8.09. The van der Waals surface area contributed by atoms with Crippen LogP contribution in [0.3, 0.4) is 0 Å². The van der Waals surface area contributed by atoms with E-state index in [1.165, 1.54) is 35.1 Å². The lowest BCUT2D eigenvalue weighted by atomic mass is 9.92. The molecule has 0 N–H and O–H groups in total. The molecule has 0 amide bonds. The molecular formula is C15H21ClO. The third-order valence-corrected chi connectivity index (χ3v) is 4.05. The number of rotatable bonds is 2. The van der Waals surface area contributed by atoms with Crippen LogP contribution in [-0.2, 0) is 4.74 Å². The van der Waals surface area contributed by atoms with Crippen LogP contribution in [0.15, 0.2) is 12.1 Å². The van der Waals surface area contributed by atoms with Gasteiger partial charge in [-0.25, -0.2) is 0 Å². The number of hydrogen-bond donors (Lipinski definition) is 0. The molecular weight excluding hydrogens is 232 g/mol. The minimum atomic E-state index is -0.00380. The molecule has 0 saturated carbocycles. The van der Waals surface area contributed by atoms with Crippen LogP contribution >= 0.6 is 11.6 Å². The maximum atomic E-state index is 6.62. The molecule has 2 unspecified atom stereocenters. The third kappa shape index (κ3) is 2.83. The van der Waals surface area contributed by atoms with Gasteiger partial charge in [0.05, 0.1) is 11.5 Å². The van der Waals surface area contributed by atoms with Crippen LogP contribution in [0.25, 0.3) is 0 Å². The van der Waals surface area contributed by atoms with Gasteiger partial charge in [0.1, 0.15) is 0 Å². The molecule has 0 spiro atoms. The van der Waals surface area contributed by atoms with Gasteiger partial charge in [0.15, 0.2) is 0 Å². The minimum absolute atomic E-state index is 0.00380. The molecule has 1 saturated heterocycles. The average Bonchev–Trinajstić information content (AvgIpc) is 2.28. The summed E-state index contributed by atoms with van der Waals surface area (Å²) in [5, 5.41) is -0.00380. The molecule has 0 bridgehead atoms. The highest BCUT2D eigenvalue weighted by molar-refractivity contribution is 6.21. The summed E-state index contributed by atoms with van der Waals surface area (Å²) < 4.78 is 5.80. The van der Waals surface area contributed by atoms with Crippen LogP contribution in [0.2, 0.25) is 0 Å². The summed E-state index contributed by atoms with van der Waals surface area (Å²) in [7, 11) is 0. The van der Waals surface area contributed by atoms with Gasteiger partial charge in [0.2, 0.25) is 0 Å². The van der Waals surface area contributed by atoms with E-state index in [4.69, 9.17) is 16.3 Å². The van der Waals surface area contributed by atoms with Crippen LogP contribution in [-0.4, -0.2) is 12.7 Å². The highest BCUT2D eigenvalue weighted by Gasteiger charge is 2.26. The van der Waals surface area contributed by atoms with E-state index in [0.29, 0.717) is 0 Å². The number of ether oxygens (including phenoxy) is 1. The van der Waals surface area contributed by atoms with Crippen molar-refractivity contribution in [3.05, 3.63) is 34.4 Å². The Balaban J connectivity index is 2.26. The Labute approximate surface area is 109 Å². The van der Waals surface area contributed by atoms with Crippen LogP contribution in [0, 0.1) is 20.8 Å². The van der Waals surface area contributed by atoms with Crippen LogP contribution in [0.4, 0.5) is 0 Å². The van der Waals surface area contributed by atoms with Gasteiger partial charge in [-0.2, -0.15) is 0 Å². The van der Waals surface area contributed by atoms with E-state index in [1.807, 2.05) is 0 Å². The standard InChI is InChI=1S/C15H21ClO/c1-10-8-11(2)14(12(3)9-10)15(16)13-6-4-5-7-17-13/h8-9,13,15H,4-7H2,1-3H3. The van der Waals surface area contributed by atoms with Gasteiger partial charge in [-0.05, 0) is 56.7 Å². The maximum Gasteiger partial charge on any atom is 0.0852 e. The van der Waals surface area contributed by atoms with Crippen molar-refractivity contribution in [2.45, 2.75) is 51.5 Å². The molecule has 1 aliphatic heterocycles. The maximum absolute atomic E-state index is 6.62. The van der Waals surface area contributed by atoms with E-state index < -0.39 is 0 Å². The molecule has 1 nitrogen and oxygen atoms in total. The van der Waals surface area contributed by atoms with Crippen molar-refractivity contribution in [3.8, 4) is 0 Å². The molecule has 0 radical (unpaired) electrons. The number of alkyl halides is 1. The van der Waals surface area contributed by atoms with Crippen LogP contribution in [0.1, 0.15) is 46.9 Å². The molecule has 1 aromatic rings. The molecule has 1 fully saturated rings. The Morgan fingerprint density at radius 2 is 1.82 bits per heavy atom. The average molecular weight is 253 g/mol. The zero-order valence-corrected chi connectivity index (χ0v) is 11.7. The largest absolute Gasteiger partial charge is 0.376 e. The van der Waals surface area contributed by atoms with Gasteiger partial charge in [-0.3, -0.25) is 0 Å². The number of halogens is 1. The topological polar surface area (TPSA) is 9.23 Å². The fraction of sp³-hybridized carbons (Fsp3) is 0.600. The molecule has 0 aliphatic carbocycles. The Hall–Kier alpha value is -0.530. The van der Waals surface area contributed by atoms with E-state index in [1.54, 1.807) is 0 Å². The summed E-state index contributed by atoms with van der Waals surface area (Å²) in [6, 6.07) is 4.42. The van der Waals surface area contributed by atoms with E-state index >= 15 is 0 Å². The van der Waals surface area contributed by atoms with Crippen molar-refractivity contribution >= 4 is 11.6 Å². The molecule has 1 heterocycles. The second-order valence-electron chi connectivity index (χ2n) is 5.12. The SMILES string of the molecule is Cc1cc(C)c(C(Cl)C2CCCCO2)c(C)c1. The van der Waals surface area contributed by atoms with Crippen LogP contribution in [0.5, 0.6) is 0 Å². The quantitative estimate of drug-likeness (QED) is 0.706. The zero-order valence-electron chi connectivity index (χ0n) is 10.9. The van der Waals surface area contributed by atoms with Gasteiger partial charge >= 0.3 is 0 Å². The predicted molar refractivity (Wildman–Crippen MR) is 72.8 cm³/mol. The first-order valence-corrected chi connectivity index (χ1v) is 6.86. The molecule has 1 aliphatic rings. The van der Waals surface area contributed by atoms with Crippen LogP contribution < -0.4 is 0 Å². The second-order valence-corrected chi connectivity index (χ2v) is 5.59. The summed E-state index contributed by atoms with van der Waals surface area (Å²) in [4.78, 5) is 0. The molecule has 0 aromatic heterocycles.